The summed E-state index contributed by atoms with van der Waals surface area (Å²) in [7, 11) is 0. The Kier molecular flexibility index (Phi) is 5.22. The van der Waals surface area contributed by atoms with Gasteiger partial charge in [-0.1, -0.05) is 13.8 Å². The first-order chi connectivity index (χ1) is 7.49. The smallest absolute Gasteiger partial charge is 0.221 e. The van der Waals surface area contributed by atoms with Crippen LogP contribution in [0, 0.1) is 5.92 Å². The highest BCUT2D eigenvalue weighted by molar-refractivity contribution is 5.76. The maximum absolute atomic E-state index is 11.7. The summed E-state index contributed by atoms with van der Waals surface area (Å²) in [6.07, 6.45) is 4.47. The fourth-order valence-electron chi connectivity index (χ4n) is 2.00. The Bertz CT molecular complexity index is 222. The summed E-state index contributed by atoms with van der Waals surface area (Å²) in [6.45, 7) is 4.08. The molecular weight excluding hydrogens is 202 g/mol. The van der Waals surface area contributed by atoms with Gasteiger partial charge in [-0.15, -0.1) is 0 Å². The van der Waals surface area contributed by atoms with Crippen molar-refractivity contribution < 1.29 is 4.79 Å². The van der Waals surface area contributed by atoms with Gasteiger partial charge in [0.05, 0.1) is 0 Å². The van der Waals surface area contributed by atoms with Crippen LogP contribution in [-0.2, 0) is 4.79 Å². The molecule has 1 amide bonds. The molecule has 0 aromatic carbocycles. The molecule has 1 atom stereocenters. The summed E-state index contributed by atoms with van der Waals surface area (Å²) >= 11 is 0. The molecule has 0 radical (unpaired) electrons. The number of nitrogens with one attached hydrogen (secondary N) is 1. The second-order valence-corrected chi connectivity index (χ2v) is 5.29. The number of amides is 1. The fourth-order valence-corrected chi connectivity index (χ4v) is 2.00. The van der Waals surface area contributed by atoms with Crippen molar-refractivity contribution in [3.8, 4) is 0 Å². The average Bonchev–Trinajstić information content (AvgIpc) is 2.21. The number of hydrogen-bond acceptors (Lipinski definition) is 3. The SMILES string of the molecule is CC(C)C(N)CC(=O)NC1CCC(N)CC1. The minimum atomic E-state index is -0.0363. The van der Waals surface area contributed by atoms with Crippen LogP contribution in [0.25, 0.3) is 0 Å². The summed E-state index contributed by atoms with van der Waals surface area (Å²) in [5, 5.41) is 3.05. The molecule has 0 spiro atoms. The van der Waals surface area contributed by atoms with E-state index in [1.807, 2.05) is 13.8 Å². The first kappa shape index (κ1) is 13.5. The molecule has 4 nitrogen and oxygen atoms in total. The van der Waals surface area contributed by atoms with Crippen LogP contribution >= 0.6 is 0 Å². The van der Waals surface area contributed by atoms with E-state index in [1.165, 1.54) is 0 Å². The van der Waals surface area contributed by atoms with Gasteiger partial charge in [-0.3, -0.25) is 4.79 Å². The van der Waals surface area contributed by atoms with E-state index < -0.39 is 0 Å². The van der Waals surface area contributed by atoms with Crippen LogP contribution in [0.3, 0.4) is 0 Å². The topological polar surface area (TPSA) is 81.1 Å². The summed E-state index contributed by atoms with van der Waals surface area (Å²) in [5.41, 5.74) is 11.7. The third kappa shape index (κ3) is 4.49. The molecule has 1 rings (SSSR count). The molecule has 4 heteroatoms. The van der Waals surface area contributed by atoms with Crippen LogP contribution in [0.15, 0.2) is 0 Å². The molecule has 0 aromatic heterocycles. The van der Waals surface area contributed by atoms with Crippen LogP contribution in [0.5, 0.6) is 0 Å². The van der Waals surface area contributed by atoms with Gasteiger partial charge in [0.1, 0.15) is 0 Å². The van der Waals surface area contributed by atoms with E-state index in [-0.39, 0.29) is 11.9 Å². The number of carbonyl (C=O) groups is 1. The van der Waals surface area contributed by atoms with Crippen molar-refractivity contribution in [2.24, 2.45) is 17.4 Å². The first-order valence-corrected chi connectivity index (χ1v) is 6.29. The zero-order valence-electron chi connectivity index (χ0n) is 10.4. The van der Waals surface area contributed by atoms with E-state index in [2.05, 4.69) is 5.32 Å². The quantitative estimate of drug-likeness (QED) is 0.663. The van der Waals surface area contributed by atoms with Crippen LogP contribution in [0.4, 0.5) is 0 Å². The van der Waals surface area contributed by atoms with E-state index in [0.717, 1.165) is 25.7 Å². The van der Waals surface area contributed by atoms with Crippen molar-refractivity contribution in [2.45, 2.75) is 64.1 Å². The molecule has 1 aliphatic carbocycles. The van der Waals surface area contributed by atoms with Gasteiger partial charge in [0, 0.05) is 24.5 Å². The molecule has 0 saturated heterocycles. The maximum atomic E-state index is 11.7. The minimum Gasteiger partial charge on any atom is -0.353 e. The van der Waals surface area contributed by atoms with Crippen molar-refractivity contribution in [3.63, 3.8) is 0 Å². The lowest BCUT2D eigenvalue weighted by Gasteiger charge is -2.27. The third-order valence-corrected chi connectivity index (χ3v) is 3.41. The second kappa shape index (κ2) is 6.21. The molecule has 94 valence electrons. The largest absolute Gasteiger partial charge is 0.353 e. The molecule has 16 heavy (non-hydrogen) atoms. The molecule has 1 unspecified atom stereocenters. The van der Waals surface area contributed by atoms with E-state index in [0.29, 0.717) is 24.4 Å². The van der Waals surface area contributed by atoms with Crippen molar-refractivity contribution in [1.82, 2.24) is 5.32 Å². The lowest BCUT2D eigenvalue weighted by Crippen LogP contribution is -2.43. The Balaban J connectivity index is 2.24. The van der Waals surface area contributed by atoms with E-state index in [9.17, 15) is 4.79 Å². The van der Waals surface area contributed by atoms with E-state index in [4.69, 9.17) is 11.5 Å². The van der Waals surface area contributed by atoms with Gasteiger partial charge in [-0.05, 0) is 31.6 Å². The molecule has 5 N–H and O–H groups in total. The van der Waals surface area contributed by atoms with Crippen LogP contribution in [0.2, 0.25) is 0 Å². The zero-order valence-corrected chi connectivity index (χ0v) is 10.4. The second-order valence-electron chi connectivity index (χ2n) is 5.29. The van der Waals surface area contributed by atoms with Gasteiger partial charge >= 0.3 is 0 Å². The lowest BCUT2D eigenvalue weighted by atomic mass is 9.91. The van der Waals surface area contributed by atoms with E-state index >= 15 is 0 Å². The lowest BCUT2D eigenvalue weighted by molar-refractivity contribution is -0.122. The number of nitrogens with two attached hydrogens (primary N) is 2. The highest BCUT2D eigenvalue weighted by Crippen LogP contribution is 2.17. The fraction of sp³-hybridized carbons (Fsp3) is 0.917. The Labute approximate surface area is 98.1 Å². The molecule has 0 aliphatic heterocycles. The van der Waals surface area contributed by atoms with Gasteiger partial charge in [0.2, 0.25) is 5.91 Å². The highest BCUT2D eigenvalue weighted by Gasteiger charge is 2.21. The van der Waals surface area contributed by atoms with Crippen molar-refractivity contribution >= 4 is 5.91 Å². The van der Waals surface area contributed by atoms with Crippen molar-refractivity contribution in [2.75, 3.05) is 0 Å². The Morgan fingerprint density at radius 1 is 1.31 bits per heavy atom. The predicted octanol–water partition coefficient (Wildman–Crippen LogP) is 0.746. The minimum absolute atomic E-state index is 0.0363. The van der Waals surface area contributed by atoms with Crippen molar-refractivity contribution in [1.29, 1.82) is 0 Å². The maximum Gasteiger partial charge on any atom is 0.221 e. The van der Waals surface area contributed by atoms with Crippen LogP contribution in [0.1, 0.15) is 46.0 Å². The van der Waals surface area contributed by atoms with Crippen molar-refractivity contribution in [3.05, 3.63) is 0 Å². The number of rotatable bonds is 4. The summed E-state index contributed by atoms with van der Waals surface area (Å²) in [6, 6.07) is 0.601. The number of carbonyl (C=O) groups excluding carboxylic acids is 1. The average molecular weight is 227 g/mol. The highest BCUT2D eigenvalue weighted by atomic mass is 16.1. The van der Waals surface area contributed by atoms with Crippen LogP contribution in [-0.4, -0.2) is 24.0 Å². The monoisotopic (exact) mass is 227 g/mol. The standard InChI is InChI=1S/C12H25N3O/c1-8(2)11(14)7-12(16)15-10-5-3-9(13)4-6-10/h8-11H,3-7,13-14H2,1-2H3,(H,15,16). The third-order valence-electron chi connectivity index (χ3n) is 3.41. The molecule has 1 saturated carbocycles. The molecule has 0 aromatic rings. The summed E-state index contributed by atoms with van der Waals surface area (Å²) in [5.74, 6) is 0.437. The number of hydrogen-bond donors (Lipinski definition) is 3. The molecule has 0 heterocycles. The summed E-state index contributed by atoms with van der Waals surface area (Å²) in [4.78, 5) is 11.7. The Hall–Kier alpha value is -0.610. The van der Waals surface area contributed by atoms with Gasteiger partial charge < -0.3 is 16.8 Å². The molecule has 0 bridgehead atoms. The summed E-state index contributed by atoms with van der Waals surface area (Å²) < 4.78 is 0. The normalized spacial score (nSPS) is 27.8. The predicted molar refractivity (Wildman–Crippen MR) is 65.8 cm³/mol. The van der Waals surface area contributed by atoms with Gasteiger partial charge in [-0.2, -0.15) is 0 Å². The Morgan fingerprint density at radius 2 is 1.88 bits per heavy atom. The molecule has 1 aliphatic rings. The van der Waals surface area contributed by atoms with Gasteiger partial charge in [0.15, 0.2) is 0 Å². The van der Waals surface area contributed by atoms with Crippen LogP contribution < -0.4 is 16.8 Å². The zero-order chi connectivity index (χ0) is 12.1. The van der Waals surface area contributed by atoms with E-state index in [1.54, 1.807) is 0 Å². The molecule has 1 fully saturated rings. The van der Waals surface area contributed by atoms with Gasteiger partial charge in [0.25, 0.3) is 0 Å². The first-order valence-electron chi connectivity index (χ1n) is 6.29. The molecular formula is C12H25N3O. The van der Waals surface area contributed by atoms with Gasteiger partial charge in [-0.25, -0.2) is 0 Å². The Morgan fingerprint density at radius 3 is 2.38 bits per heavy atom.